The fourth-order valence-electron chi connectivity index (χ4n) is 4.43. The number of rotatable bonds is 4. The summed E-state index contributed by atoms with van der Waals surface area (Å²) in [6.07, 6.45) is 3.61. The zero-order chi connectivity index (χ0) is 18.0. The SMILES string of the molecule is CN1CCC(N(C)c2ccccc2CN2CCC(N)C(C)(C)C2)CC1. The molecule has 4 nitrogen and oxygen atoms in total. The van der Waals surface area contributed by atoms with Gasteiger partial charge in [0.2, 0.25) is 0 Å². The van der Waals surface area contributed by atoms with Gasteiger partial charge in [-0.2, -0.15) is 0 Å². The average molecular weight is 345 g/mol. The summed E-state index contributed by atoms with van der Waals surface area (Å²) in [4.78, 5) is 7.56. The molecule has 140 valence electrons. The number of nitrogens with two attached hydrogens (primary N) is 1. The highest BCUT2D eigenvalue weighted by Gasteiger charge is 2.33. The molecule has 4 heteroatoms. The number of hydrogen-bond acceptors (Lipinski definition) is 4. The summed E-state index contributed by atoms with van der Waals surface area (Å²) in [5.41, 5.74) is 9.38. The maximum atomic E-state index is 6.32. The fourth-order valence-corrected chi connectivity index (χ4v) is 4.43. The maximum Gasteiger partial charge on any atom is 0.0411 e. The Morgan fingerprint density at radius 2 is 1.80 bits per heavy atom. The van der Waals surface area contributed by atoms with E-state index in [1.165, 1.54) is 37.2 Å². The molecule has 0 amide bonds. The van der Waals surface area contributed by atoms with Crippen molar-refractivity contribution >= 4 is 5.69 Å². The van der Waals surface area contributed by atoms with Crippen molar-refractivity contribution in [3.63, 3.8) is 0 Å². The van der Waals surface area contributed by atoms with E-state index in [0.717, 1.165) is 26.1 Å². The van der Waals surface area contributed by atoms with E-state index >= 15 is 0 Å². The van der Waals surface area contributed by atoms with Gasteiger partial charge in [0.05, 0.1) is 0 Å². The van der Waals surface area contributed by atoms with Gasteiger partial charge in [0.25, 0.3) is 0 Å². The Balaban J connectivity index is 1.71. The van der Waals surface area contributed by atoms with E-state index in [2.05, 4.69) is 66.9 Å². The third-order valence-electron chi connectivity index (χ3n) is 6.39. The topological polar surface area (TPSA) is 35.7 Å². The van der Waals surface area contributed by atoms with Gasteiger partial charge in [-0.25, -0.2) is 0 Å². The second-order valence-corrected chi connectivity index (χ2v) is 8.87. The Morgan fingerprint density at radius 3 is 2.48 bits per heavy atom. The molecule has 1 unspecified atom stereocenters. The van der Waals surface area contributed by atoms with E-state index in [4.69, 9.17) is 5.73 Å². The number of hydrogen-bond donors (Lipinski definition) is 1. The van der Waals surface area contributed by atoms with Gasteiger partial charge in [-0.15, -0.1) is 0 Å². The number of piperidine rings is 2. The number of likely N-dealkylation sites (tertiary alicyclic amines) is 2. The highest BCUT2D eigenvalue weighted by atomic mass is 15.2. The van der Waals surface area contributed by atoms with E-state index < -0.39 is 0 Å². The van der Waals surface area contributed by atoms with Crippen LogP contribution in [0.4, 0.5) is 5.69 Å². The van der Waals surface area contributed by atoms with Gasteiger partial charge >= 0.3 is 0 Å². The summed E-state index contributed by atoms with van der Waals surface area (Å²) in [6, 6.07) is 9.95. The predicted octanol–water partition coefficient (Wildman–Crippen LogP) is 2.78. The predicted molar refractivity (Wildman–Crippen MR) is 107 cm³/mol. The zero-order valence-electron chi connectivity index (χ0n) is 16.5. The van der Waals surface area contributed by atoms with E-state index in [1.807, 2.05) is 0 Å². The first-order valence-corrected chi connectivity index (χ1v) is 9.84. The lowest BCUT2D eigenvalue weighted by Gasteiger charge is -2.43. The summed E-state index contributed by atoms with van der Waals surface area (Å²) in [5, 5.41) is 0. The molecule has 0 aromatic heterocycles. The van der Waals surface area contributed by atoms with Crippen molar-refractivity contribution in [2.45, 2.75) is 51.7 Å². The lowest BCUT2D eigenvalue weighted by Crippen LogP contribution is -2.52. The molecule has 2 aliphatic rings. The molecular formula is C21H36N4. The Kier molecular flexibility index (Phi) is 5.71. The summed E-state index contributed by atoms with van der Waals surface area (Å²) >= 11 is 0. The van der Waals surface area contributed by atoms with Gasteiger partial charge in [-0.3, -0.25) is 4.90 Å². The van der Waals surface area contributed by atoms with Gasteiger partial charge in [0, 0.05) is 44.5 Å². The normalized spacial score (nSPS) is 25.9. The molecule has 25 heavy (non-hydrogen) atoms. The first-order valence-electron chi connectivity index (χ1n) is 9.84. The van der Waals surface area contributed by atoms with Crippen molar-refractivity contribution < 1.29 is 0 Å². The van der Waals surface area contributed by atoms with Gasteiger partial charge in [-0.05, 0) is 56.4 Å². The van der Waals surface area contributed by atoms with Crippen molar-refractivity contribution in [1.82, 2.24) is 9.80 Å². The quantitative estimate of drug-likeness (QED) is 0.911. The van der Waals surface area contributed by atoms with Crippen LogP contribution in [0.5, 0.6) is 0 Å². The van der Waals surface area contributed by atoms with Crippen LogP contribution in [-0.4, -0.2) is 62.2 Å². The zero-order valence-corrected chi connectivity index (χ0v) is 16.5. The average Bonchev–Trinajstić information content (AvgIpc) is 2.58. The van der Waals surface area contributed by atoms with Crippen LogP contribution in [0.3, 0.4) is 0 Å². The minimum atomic E-state index is 0.201. The first kappa shape index (κ1) is 18.7. The summed E-state index contributed by atoms with van der Waals surface area (Å²) in [6.45, 7) is 10.2. The Labute approximate surface area is 154 Å². The summed E-state index contributed by atoms with van der Waals surface area (Å²) in [7, 11) is 4.51. The molecule has 0 aliphatic carbocycles. The lowest BCUT2D eigenvalue weighted by atomic mass is 9.79. The molecule has 1 aromatic carbocycles. The fraction of sp³-hybridized carbons (Fsp3) is 0.714. The van der Waals surface area contributed by atoms with Gasteiger partial charge in [0.1, 0.15) is 0 Å². The summed E-state index contributed by atoms with van der Waals surface area (Å²) in [5.74, 6) is 0. The molecule has 2 saturated heterocycles. The molecule has 2 fully saturated rings. The van der Waals surface area contributed by atoms with E-state index in [-0.39, 0.29) is 5.41 Å². The van der Waals surface area contributed by atoms with Crippen LogP contribution in [0.25, 0.3) is 0 Å². The molecule has 0 spiro atoms. The molecule has 3 rings (SSSR count). The largest absolute Gasteiger partial charge is 0.371 e. The van der Waals surface area contributed by atoms with Gasteiger partial charge in [-0.1, -0.05) is 32.0 Å². The molecule has 2 heterocycles. The summed E-state index contributed by atoms with van der Waals surface area (Å²) < 4.78 is 0. The van der Waals surface area contributed by atoms with E-state index in [1.54, 1.807) is 0 Å². The third kappa shape index (κ3) is 4.36. The number of para-hydroxylation sites is 1. The molecule has 0 saturated carbocycles. The minimum Gasteiger partial charge on any atom is -0.371 e. The van der Waals surface area contributed by atoms with Crippen LogP contribution < -0.4 is 10.6 Å². The minimum absolute atomic E-state index is 0.201. The molecule has 0 bridgehead atoms. The van der Waals surface area contributed by atoms with Crippen LogP contribution in [0.15, 0.2) is 24.3 Å². The van der Waals surface area contributed by atoms with Crippen molar-refractivity contribution in [1.29, 1.82) is 0 Å². The van der Waals surface area contributed by atoms with Crippen LogP contribution in [-0.2, 0) is 6.54 Å². The van der Waals surface area contributed by atoms with Gasteiger partial charge < -0.3 is 15.5 Å². The van der Waals surface area contributed by atoms with Gasteiger partial charge in [0.15, 0.2) is 0 Å². The second-order valence-electron chi connectivity index (χ2n) is 8.87. The molecule has 0 radical (unpaired) electrons. The van der Waals surface area contributed by atoms with Crippen LogP contribution in [0, 0.1) is 5.41 Å². The molecule has 1 aromatic rings. The van der Waals surface area contributed by atoms with Crippen LogP contribution >= 0.6 is 0 Å². The van der Waals surface area contributed by atoms with E-state index in [9.17, 15) is 0 Å². The second kappa shape index (κ2) is 7.65. The standard InChI is InChI=1S/C21H36N4/c1-21(2)16-25(14-11-20(21)22)15-17-7-5-6-8-19(17)24(4)18-9-12-23(3)13-10-18/h5-8,18,20H,9-16,22H2,1-4H3. The molecule has 2 aliphatic heterocycles. The Bertz CT molecular complexity index is 563. The Morgan fingerprint density at radius 1 is 1.12 bits per heavy atom. The van der Waals surface area contributed by atoms with Crippen molar-refractivity contribution in [2.75, 3.05) is 45.2 Å². The van der Waals surface area contributed by atoms with Crippen molar-refractivity contribution in [3.05, 3.63) is 29.8 Å². The number of nitrogens with zero attached hydrogens (tertiary/aromatic N) is 3. The van der Waals surface area contributed by atoms with Crippen LogP contribution in [0.1, 0.15) is 38.7 Å². The smallest absolute Gasteiger partial charge is 0.0411 e. The number of anilines is 1. The lowest BCUT2D eigenvalue weighted by molar-refractivity contribution is 0.0899. The Hall–Kier alpha value is -1.10. The molecular weight excluding hydrogens is 308 g/mol. The maximum absolute atomic E-state index is 6.32. The molecule has 2 N–H and O–H groups in total. The monoisotopic (exact) mass is 344 g/mol. The highest BCUT2D eigenvalue weighted by Crippen LogP contribution is 2.31. The van der Waals surface area contributed by atoms with Crippen LogP contribution in [0.2, 0.25) is 0 Å². The van der Waals surface area contributed by atoms with E-state index in [0.29, 0.717) is 12.1 Å². The highest BCUT2D eigenvalue weighted by molar-refractivity contribution is 5.54. The third-order valence-corrected chi connectivity index (χ3v) is 6.39. The molecule has 1 atom stereocenters. The van der Waals surface area contributed by atoms with Crippen molar-refractivity contribution in [2.24, 2.45) is 11.1 Å². The first-order chi connectivity index (χ1) is 11.9. The number of benzene rings is 1. The van der Waals surface area contributed by atoms with Crippen molar-refractivity contribution in [3.8, 4) is 0 Å².